The summed E-state index contributed by atoms with van der Waals surface area (Å²) < 4.78 is 13.7. The number of allylic oxidation sites excluding steroid dienone is 1. The summed E-state index contributed by atoms with van der Waals surface area (Å²) in [7, 11) is 0. The summed E-state index contributed by atoms with van der Waals surface area (Å²) in [6, 6.07) is 0. The van der Waals surface area contributed by atoms with Crippen molar-refractivity contribution in [3.63, 3.8) is 0 Å². The molecule has 1 spiro atoms. The zero-order valence-electron chi connectivity index (χ0n) is 7.13. The third kappa shape index (κ3) is 2.14. The zero-order chi connectivity index (χ0) is 9.31. The molecule has 0 radical (unpaired) electrons. The van der Waals surface area contributed by atoms with Gasteiger partial charge < -0.3 is 14.2 Å². The van der Waals surface area contributed by atoms with Gasteiger partial charge in [-0.05, 0) is 6.42 Å². The second-order valence-corrected chi connectivity index (χ2v) is 2.93. The third-order valence-corrected chi connectivity index (χ3v) is 1.99. The Balaban J connectivity index is 0.000000980. The quantitative estimate of drug-likeness (QED) is 0.294. The van der Waals surface area contributed by atoms with Crippen LogP contribution in [0.3, 0.4) is 0 Å². The molecule has 0 amide bonds. The van der Waals surface area contributed by atoms with Crippen LogP contribution in [0.25, 0.3) is 0 Å². The Morgan fingerprint density at radius 2 is 1.79 bits per heavy atom. The van der Waals surface area contributed by atoms with E-state index in [-0.39, 0.29) is 20.4 Å². The fraction of sp³-hybridized carbons (Fsp3) is 0.500. The van der Waals surface area contributed by atoms with Crippen LogP contribution in [0, 0.1) is 0 Å². The number of ether oxygens (including phenoxy) is 3. The van der Waals surface area contributed by atoms with Gasteiger partial charge in [-0.2, -0.15) is 0 Å². The maximum Gasteiger partial charge on any atom is 0.521 e. The van der Waals surface area contributed by atoms with Gasteiger partial charge in [-0.3, -0.25) is 0 Å². The maximum absolute atomic E-state index is 10.8. The second-order valence-electron chi connectivity index (χ2n) is 2.93. The van der Waals surface area contributed by atoms with Crippen molar-refractivity contribution in [1.82, 2.24) is 0 Å². The second kappa shape index (κ2) is 4.11. The van der Waals surface area contributed by atoms with Gasteiger partial charge in [0.15, 0.2) is 0 Å². The van der Waals surface area contributed by atoms with Crippen LogP contribution in [0.15, 0.2) is 12.2 Å². The fourth-order valence-corrected chi connectivity index (χ4v) is 1.41. The molecular weight excluding hydrogens is 283 g/mol. The van der Waals surface area contributed by atoms with Crippen molar-refractivity contribution in [3.05, 3.63) is 12.2 Å². The summed E-state index contributed by atoms with van der Waals surface area (Å²) in [4.78, 5) is 21.6. The molecule has 1 aliphatic carbocycles. The maximum atomic E-state index is 10.8. The van der Waals surface area contributed by atoms with Crippen LogP contribution in [0.2, 0.25) is 0 Å². The van der Waals surface area contributed by atoms with E-state index in [0.717, 1.165) is 6.42 Å². The van der Waals surface area contributed by atoms with Crippen LogP contribution in [0.1, 0.15) is 19.3 Å². The molecule has 0 aromatic carbocycles. The normalized spacial score (nSPS) is 23.1. The van der Waals surface area contributed by atoms with E-state index in [0.29, 0.717) is 12.8 Å². The van der Waals surface area contributed by atoms with Crippen molar-refractivity contribution in [3.8, 4) is 0 Å². The molecule has 1 aliphatic heterocycles. The minimum Gasteiger partial charge on any atom is -0.390 e. The van der Waals surface area contributed by atoms with E-state index in [1.165, 1.54) is 0 Å². The molecular formula is C8H8O5Pd. The largest absolute Gasteiger partial charge is 0.521 e. The van der Waals surface area contributed by atoms with Gasteiger partial charge in [0.1, 0.15) is 0 Å². The number of hydrogen-bond acceptors (Lipinski definition) is 5. The van der Waals surface area contributed by atoms with E-state index in [2.05, 4.69) is 4.74 Å². The first-order valence-electron chi connectivity index (χ1n) is 3.99. The topological polar surface area (TPSA) is 61.8 Å². The summed E-state index contributed by atoms with van der Waals surface area (Å²) in [6.07, 6.45) is 3.41. The van der Waals surface area contributed by atoms with E-state index < -0.39 is 18.1 Å². The molecule has 2 rings (SSSR count). The molecule has 0 aromatic heterocycles. The van der Waals surface area contributed by atoms with Crippen LogP contribution in [0.5, 0.6) is 0 Å². The molecule has 0 atom stereocenters. The van der Waals surface area contributed by atoms with Gasteiger partial charge in [0, 0.05) is 33.3 Å². The first kappa shape index (κ1) is 11.2. The average molecular weight is 291 g/mol. The predicted octanol–water partition coefficient (Wildman–Crippen LogP) is 1.72. The Hall–Kier alpha value is -0.858. The van der Waals surface area contributed by atoms with Gasteiger partial charge in [0.2, 0.25) is 0 Å². The SMILES string of the molecule is O=C1OC(=O)OC2(CC=CCC2)O1.[Pd]. The molecule has 1 saturated heterocycles. The first-order chi connectivity index (χ1) is 6.20. The number of carbonyl (C=O) groups is 2. The zero-order valence-corrected chi connectivity index (χ0v) is 8.69. The van der Waals surface area contributed by atoms with Gasteiger partial charge in [-0.15, -0.1) is 0 Å². The van der Waals surface area contributed by atoms with Gasteiger partial charge in [-0.1, -0.05) is 12.2 Å². The van der Waals surface area contributed by atoms with Gasteiger partial charge in [0.05, 0.1) is 0 Å². The standard InChI is InChI=1S/C8H8O5.Pd/c9-6-11-7(10)13-8(12-6)4-2-1-3-5-8;/h1-2H,3-5H2;. The minimum atomic E-state index is -1.11. The van der Waals surface area contributed by atoms with Crippen LogP contribution in [-0.2, 0) is 34.6 Å². The first-order valence-corrected chi connectivity index (χ1v) is 3.99. The number of carbonyl (C=O) groups excluding carboxylic acids is 2. The molecule has 0 N–H and O–H groups in total. The van der Waals surface area contributed by atoms with Crippen molar-refractivity contribution in [1.29, 1.82) is 0 Å². The fourth-order valence-electron chi connectivity index (χ4n) is 1.41. The Morgan fingerprint density at radius 3 is 2.29 bits per heavy atom. The van der Waals surface area contributed by atoms with Crippen LogP contribution >= 0.6 is 0 Å². The summed E-state index contributed by atoms with van der Waals surface area (Å²) in [5, 5.41) is 0. The van der Waals surface area contributed by atoms with E-state index in [4.69, 9.17) is 9.47 Å². The molecule has 1 heterocycles. The Bertz CT molecular complexity index is 269. The molecule has 0 unspecified atom stereocenters. The van der Waals surface area contributed by atoms with Crippen LogP contribution < -0.4 is 0 Å². The van der Waals surface area contributed by atoms with Gasteiger partial charge in [-0.25, -0.2) is 9.59 Å². The molecule has 2 aliphatic rings. The third-order valence-electron chi connectivity index (χ3n) is 1.99. The van der Waals surface area contributed by atoms with E-state index in [9.17, 15) is 9.59 Å². The summed E-state index contributed by atoms with van der Waals surface area (Å²) in [6.45, 7) is 0. The summed E-state index contributed by atoms with van der Waals surface area (Å²) in [5.41, 5.74) is 0. The summed E-state index contributed by atoms with van der Waals surface area (Å²) >= 11 is 0. The molecule has 14 heavy (non-hydrogen) atoms. The van der Waals surface area contributed by atoms with E-state index in [1.807, 2.05) is 12.2 Å². The molecule has 1 fully saturated rings. The smallest absolute Gasteiger partial charge is 0.390 e. The van der Waals surface area contributed by atoms with Crippen LogP contribution in [-0.4, -0.2) is 18.1 Å². The van der Waals surface area contributed by atoms with Crippen molar-refractivity contribution < 1.29 is 44.2 Å². The summed E-state index contributed by atoms with van der Waals surface area (Å²) in [5.74, 6) is -1.11. The molecule has 0 bridgehead atoms. The predicted molar refractivity (Wildman–Crippen MR) is 39.8 cm³/mol. The Kier molecular flexibility index (Phi) is 3.30. The Morgan fingerprint density at radius 1 is 1.14 bits per heavy atom. The molecule has 5 nitrogen and oxygen atoms in total. The van der Waals surface area contributed by atoms with Crippen molar-refractivity contribution in [2.75, 3.05) is 0 Å². The number of cyclic esters (lactones) is 2. The van der Waals surface area contributed by atoms with E-state index in [1.54, 1.807) is 0 Å². The van der Waals surface area contributed by atoms with Gasteiger partial charge >= 0.3 is 12.3 Å². The molecule has 80 valence electrons. The van der Waals surface area contributed by atoms with Crippen molar-refractivity contribution >= 4 is 12.3 Å². The van der Waals surface area contributed by atoms with Gasteiger partial charge in [0.25, 0.3) is 5.79 Å². The Labute approximate surface area is 94.0 Å². The van der Waals surface area contributed by atoms with Crippen LogP contribution in [0.4, 0.5) is 9.59 Å². The monoisotopic (exact) mass is 290 g/mol. The average Bonchev–Trinajstić information content (AvgIpc) is 2.02. The van der Waals surface area contributed by atoms with Crippen molar-refractivity contribution in [2.24, 2.45) is 0 Å². The molecule has 0 saturated carbocycles. The number of rotatable bonds is 0. The van der Waals surface area contributed by atoms with Crippen molar-refractivity contribution in [2.45, 2.75) is 25.0 Å². The number of hydrogen-bond donors (Lipinski definition) is 0. The minimum absolute atomic E-state index is 0. The molecule has 0 aromatic rings. The van der Waals surface area contributed by atoms with E-state index >= 15 is 0 Å². The molecule has 6 heteroatoms.